The van der Waals surface area contributed by atoms with Crippen molar-refractivity contribution in [1.82, 2.24) is 9.47 Å². The number of carboxylic acids is 1. The van der Waals surface area contributed by atoms with Crippen LogP contribution < -0.4 is 0 Å². The summed E-state index contributed by atoms with van der Waals surface area (Å²) in [6.45, 7) is 3.63. The van der Waals surface area contributed by atoms with Crippen molar-refractivity contribution in [2.45, 2.75) is 32.7 Å². The van der Waals surface area contributed by atoms with Crippen LogP contribution in [0.4, 0.5) is 0 Å². The number of nitrogens with zero attached hydrogens (tertiary/aromatic N) is 2. The number of carboxylic acid groups (broad SMARTS) is 1. The summed E-state index contributed by atoms with van der Waals surface area (Å²) in [5, 5.41) is 9.99. The lowest BCUT2D eigenvalue weighted by Crippen LogP contribution is -2.40. The van der Waals surface area contributed by atoms with Gasteiger partial charge < -0.3 is 14.6 Å². The molecule has 0 spiro atoms. The van der Waals surface area contributed by atoms with Crippen molar-refractivity contribution in [3.8, 4) is 0 Å². The van der Waals surface area contributed by atoms with E-state index in [1.54, 1.807) is 0 Å². The van der Waals surface area contributed by atoms with Gasteiger partial charge in [0.05, 0.1) is 0 Å². The van der Waals surface area contributed by atoms with Gasteiger partial charge in [0.1, 0.15) is 6.54 Å². The Balaban J connectivity index is 1.70. The Kier molecular flexibility index (Phi) is 4.94. The molecule has 0 aliphatic carbocycles. The summed E-state index contributed by atoms with van der Waals surface area (Å²) in [7, 11) is 0. The van der Waals surface area contributed by atoms with Crippen LogP contribution in [0, 0.1) is 12.8 Å². The largest absolute Gasteiger partial charge is 0.481 e. The average molecular weight is 393 g/mol. The number of para-hydroxylation sites is 1. The Morgan fingerprint density at radius 2 is 1.92 bits per heavy atom. The number of benzene rings is 1. The molecule has 6 heteroatoms. The second-order valence-electron chi connectivity index (χ2n) is 6.42. The summed E-state index contributed by atoms with van der Waals surface area (Å²) in [4.78, 5) is 25.3. The molecule has 1 aliphatic heterocycles. The number of piperidine rings is 1. The summed E-state index contributed by atoms with van der Waals surface area (Å²) < 4.78 is 3.08. The molecule has 1 amide bonds. The summed E-state index contributed by atoms with van der Waals surface area (Å²) in [5.41, 5.74) is 2.10. The summed E-state index contributed by atoms with van der Waals surface area (Å²) in [6, 6.07) is 8.04. The lowest BCUT2D eigenvalue weighted by atomic mass is 9.93. The van der Waals surface area contributed by atoms with Crippen molar-refractivity contribution in [3.05, 3.63) is 34.4 Å². The van der Waals surface area contributed by atoms with Gasteiger partial charge in [-0.3, -0.25) is 9.59 Å². The van der Waals surface area contributed by atoms with Gasteiger partial charge in [0, 0.05) is 40.6 Å². The van der Waals surface area contributed by atoms with Gasteiger partial charge in [0.15, 0.2) is 0 Å². The van der Waals surface area contributed by atoms with E-state index in [1.807, 2.05) is 40.7 Å². The third-order valence-electron chi connectivity index (χ3n) is 4.88. The number of hydrogen-bond acceptors (Lipinski definition) is 2. The fraction of sp³-hybridized carbons (Fsp3) is 0.444. The van der Waals surface area contributed by atoms with E-state index in [-0.39, 0.29) is 18.2 Å². The van der Waals surface area contributed by atoms with Crippen LogP contribution in [-0.2, 0) is 16.1 Å². The Bertz CT molecular complexity index is 776. The van der Waals surface area contributed by atoms with Gasteiger partial charge in [0.2, 0.25) is 5.91 Å². The van der Waals surface area contributed by atoms with Crippen LogP contribution in [0.2, 0.25) is 0 Å². The SMILES string of the molecule is Cc1c(Br)c2ccccc2n1CC(=O)N1CCC(CC(=O)O)CC1. The van der Waals surface area contributed by atoms with E-state index in [2.05, 4.69) is 15.9 Å². The number of carbonyl (C=O) groups is 2. The lowest BCUT2D eigenvalue weighted by molar-refractivity contribution is -0.138. The van der Waals surface area contributed by atoms with E-state index in [0.717, 1.165) is 33.9 Å². The highest BCUT2D eigenvalue weighted by atomic mass is 79.9. The molecule has 24 heavy (non-hydrogen) atoms. The maximum Gasteiger partial charge on any atom is 0.303 e. The number of aliphatic carboxylic acids is 1. The first-order chi connectivity index (χ1) is 11.5. The molecule has 2 heterocycles. The number of likely N-dealkylation sites (tertiary alicyclic amines) is 1. The number of fused-ring (bicyclic) bond motifs is 1. The number of hydrogen-bond donors (Lipinski definition) is 1. The van der Waals surface area contributed by atoms with Crippen molar-refractivity contribution in [1.29, 1.82) is 0 Å². The lowest BCUT2D eigenvalue weighted by Gasteiger charge is -2.31. The molecule has 1 aromatic heterocycles. The fourth-order valence-corrected chi connectivity index (χ4v) is 4.01. The highest BCUT2D eigenvalue weighted by molar-refractivity contribution is 9.10. The molecule has 3 rings (SSSR count). The molecule has 1 fully saturated rings. The second kappa shape index (κ2) is 6.97. The molecule has 1 N–H and O–H groups in total. The molecule has 1 aliphatic rings. The van der Waals surface area contributed by atoms with Gasteiger partial charge in [-0.15, -0.1) is 0 Å². The van der Waals surface area contributed by atoms with Gasteiger partial charge in [-0.25, -0.2) is 0 Å². The molecular formula is C18H21BrN2O3. The minimum atomic E-state index is -0.751. The zero-order chi connectivity index (χ0) is 17.3. The van der Waals surface area contributed by atoms with Crippen molar-refractivity contribution in [2.75, 3.05) is 13.1 Å². The molecular weight excluding hydrogens is 372 g/mol. The molecule has 0 atom stereocenters. The van der Waals surface area contributed by atoms with Crippen LogP contribution in [0.1, 0.15) is 25.0 Å². The number of aromatic nitrogens is 1. The smallest absolute Gasteiger partial charge is 0.303 e. The minimum Gasteiger partial charge on any atom is -0.481 e. The Hall–Kier alpha value is -1.82. The van der Waals surface area contributed by atoms with Gasteiger partial charge in [-0.2, -0.15) is 0 Å². The molecule has 5 nitrogen and oxygen atoms in total. The first-order valence-electron chi connectivity index (χ1n) is 8.20. The van der Waals surface area contributed by atoms with E-state index < -0.39 is 5.97 Å². The van der Waals surface area contributed by atoms with Crippen LogP contribution >= 0.6 is 15.9 Å². The maximum atomic E-state index is 12.7. The van der Waals surface area contributed by atoms with Crippen molar-refractivity contribution >= 4 is 38.7 Å². The van der Waals surface area contributed by atoms with Gasteiger partial charge in [-0.1, -0.05) is 18.2 Å². The second-order valence-corrected chi connectivity index (χ2v) is 7.22. The molecule has 1 aromatic carbocycles. The molecule has 0 unspecified atom stereocenters. The van der Waals surface area contributed by atoms with Gasteiger partial charge in [-0.05, 0) is 47.7 Å². The zero-order valence-corrected chi connectivity index (χ0v) is 15.3. The fourth-order valence-electron chi connectivity index (χ4n) is 3.46. The number of halogens is 1. The van der Waals surface area contributed by atoms with Crippen molar-refractivity contribution in [3.63, 3.8) is 0 Å². The average Bonchev–Trinajstić information content (AvgIpc) is 2.80. The molecule has 2 aromatic rings. The topological polar surface area (TPSA) is 62.5 Å². The molecule has 0 bridgehead atoms. The quantitative estimate of drug-likeness (QED) is 0.866. The predicted octanol–water partition coefficient (Wildman–Crippen LogP) is 3.43. The normalized spacial score (nSPS) is 15.8. The predicted molar refractivity (Wildman–Crippen MR) is 95.9 cm³/mol. The monoisotopic (exact) mass is 392 g/mol. The van der Waals surface area contributed by atoms with Crippen LogP contribution in [0.25, 0.3) is 10.9 Å². The van der Waals surface area contributed by atoms with E-state index in [9.17, 15) is 9.59 Å². The number of rotatable bonds is 4. The summed E-state index contributed by atoms with van der Waals surface area (Å²) >= 11 is 3.62. The van der Waals surface area contributed by atoms with E-state index in [1.165, 1.54) is 0 Å². The first kappa shape index (κ1) is 17.0. The van der Waals surface area contributed by atoms with Crippen LogP contribution in [0.5, 0.6) is 0 Å². The van der Waals surface area contributed by atoms with E-state index >= 15 is 0 Å². The van der Waals surface area contributed by atoms with Crippen LogP contribution in [0.3, 0.4) is 0 Å². The maximum absolute atomic E-state index is 12.7. The Morgan fingerprint density at radius 3 is 2.58 bits per heavy atom. The van der Waals surface area contributed by atoms with Crippen molar-refractivity contribution < 1.29 is 14.7 Å². The molecule has 0 saturated carbocycles. The standard InChI is InChI=1S/C18H21BrN2O3/c1-12-18(19)14-4-2-3-5-15(14)21(12)11-16(22)20-8-6-13(7-9-20)10-17(23)24/h2-5,13H,6-11H2,1H3,(H,23,24). The van der Waals surface area contributed by atoms with Gasteiger partial charge in [0.25, 0.3) is 0 Å². The molecule has 128 valence electrons. The van der Waals surface area contributed by atoms with Crippen LogP contribution in [0.15, 0.2) is 28.7 Å². The Morgan fingerprint density at radius 1 is 1.25 bits per heavy atom. The molecule has 0 radical (unpaired) electrons. The van der Waals surface area contributed by atoms with Crippen molar-refractivity contribution in [2.24, 2.45) is 5.92 Å². The number of amides is 1. The first-order valence-corrected chi connectivity index (χ1v) is 8.99. The van der Waals surface area contributed by atoms with E-state index in [0.29, 0.717) is 19.6 Å². The minimum absolute atomic E-state index is 0.0973. The zero-order valence-electron chi connectivity index (χ0n) is 13.7. The highest BCUT2D eigenvalue weighted by Crippen LogP contribution is 2.30. The number of carbonyl (C=O) groups excluding carboxylic acids is 1. The third-order valence-corrected chi connectivity index (χ3v) is 5.88. The Labute approximate surface area is 149 Å². The van der Waals surface area contributed by atoms with E-state index in [4.69, 9.17) is 5.11 Å². The van der Waals surface area contributed by atoms with Crippen LogP contribution in [-0.4, -0.2) is 39.5 Å². The summed E-state index contributed by atoms with van der Waals surface area (Å²) in [5.74, 6) is -0.464. The highest BCUT2D eigenvalue weighted by Gasteiger charge is 2.25. The summed E-state index contributed by atoms with van der Waals surface area (Å²) in [6.07, 6.45) is 1.75. The third kappa shape index (κ3) is 3.34. The molecule has 1 saturated heterocycles. The van der Waals surface area contributed by atoms with Gasteiger partial charge >= 0.3 is 5.97 Å².